The molecule has 4 N–H and O–H groups in total. The van der Waals surface area contributed by atoms with E-state index in [1.165, 1.54) is 25.7 Å². The Morgan fingerprint density at radius 3 is 2.47 bits per heavy atom. The predicted molar refractivity (Wildman–Crippen MR) is 78.6 cm³/mol. The lowest BCUT2D eigenvalue weighted by molar-refractivity contribution is 0.530. The summed E-state index contributed by atoms with van der Waals surface area (Å²) < 4.78 is 24.1. The van der Waals surface area contributed by atoms with Crippen molar-refractivity contribution in [3.8, 4) is 0 Å². The van der Waals surface area contributed by atoms with E-state index in [0.717, 1.165) is 19.1 Å². The number of nitrogens with zero attached hydrogens (tertiary/aromatic N) is 1. The summed E-state index contributed by atoms with van der Waals surface area (Å²) in [4.78, 5) is 4.22. The Bertz CT molecular complexity index is 373. The summed E-state index contributed by atoms with van der Waals surface area (Å²) in [5, 5.41) is 3.26. The minimum atomic E-state index is -3.10. The number of hydrogen-bond acceptors (Lipinski definition) is 3. The van der Waals surface area contributed by atoms with Gasteiger partial charge in [0.05, 0.1) is 6.26 Å². The van der Waals surface area contributed by atoms with Gasteiger partial charge in [0.25, 0.3) is 0 Å². The van der Waals surface area contributed by atoms with Gasteiger partial charge in [-0.25, -0.2) is 13.1 Å². The Kier molecular flexibility index (Phi) is 7.15. The average molecular weight is 290 g/mol. The minimum absolute atomic E-state index is 0.402. The van der Waals surface area contributed by atoms with E-state index < -0.39 is 10.0 Å². The lowest BCUT2D eigenvalue weighted by atomic mass is 10.1. The van der Waals surface area contributed by atoms with Crippen LogP contribution in [0, 0.1) is 0 Å². The molecule has 0 radical (unpaired) electrons. The van der Waals surface area contributed by atoms with Crippen LogP contribution in [0.15, 0.2) is 4.99 Å². The molecule has 1 aliphatic carbocycles. The monoisotopic (exact) mass is 290 g/mol. The highest BCUT2D eigenvalue weighted by Crippen LogP contribution is 2.16. The number of nitrogens with two attached hydrogens (primary N) is 1. The maximum Gasteiger partial charge on any atom is 0.208 e. The SMILES string of the molecule is CS(=O)(=O)NCCCN=C(N)NC1CCCCCC1. The topological polar surface area (TPSA) is 96.6 Å². The first-order chi connectivity index (χ1) is 8.97. The number of guanidine groups is 1. The molecule has 0 aromatic rings. The van der Waals surface area contributed by atoms with Crippen LogP contribution in [0.4, 0.5) is 0 Å². The first kappa shape index (κ1) is 16.2. The van der Waals surface area contributed by atoms with Crippen LogP contribution < -0.4 is 15.8 Å². The maximum atomic E-state index is 10.8. The minimum Gasteiger partial charge on any atom is -0.370 e. The van der Waals surface area contributed by atoms with Crippen LogP contribution in [0.1, 0.15) is 44.9 Å². The highest BCUT2D eigenvalue weighted by atomic mass is 32.2. The third-order valence-corrected chi connectivity index (χ3v) is 3.92. The molecule has 0 heterocycles. The highest BCUT2D eigenvalue weighted by Gasteiger charge is 2.11. The first-order valence-electron chi connectivity index (χ1n) is 6.98. The second-order valence-electron chi connectivity index (χ2n) is 5.12. The summed E-state index contributed by atoms with van der Waals surface area (Å²) >= 11 is 0. The van der Waals surface area contributed by atoms with Gasteiger partial charge in [0.2, 0.25) is 10.0 Å². The molecule has 1 fully saturated rings. The summed E-state index contributed by atoms with van der Waals surface area (Å²) in [5.74, 6) is 0.478. The molecule has 6 nitrogen and oxygen atoms in total. The standard InChI is InChI=1S/C12H26N4O2S/c1-19(17,18)15-10-6-9-14-12(13)16-11-7-4-2-3-5-8-11/h11,15H,2-10H2,1H3,(H3,13,14,16). The number of nitrogens with one attached hydrogen (secondary N) is 2. The second kappa shape index (κ2) is 8.37. The van der Waals surface area contributed by atoms with Gasteiger partial charge >= 0.3 is 0 Å². The van der Waals surface area contributed by atoms with Crippen molar-refractivity contribution in [3.05, 3.63) is 0 Å². The molecule has 0 bridgehead atoms. The van der Waals surface area contributed by atoms with E-state index in [9.17, 15) is 8.42 Å². The lowest BCUT2D eigenvalue weighted by Gasteiger charge is -2.16. The molecule has 7 heteroatoms. The van der Waals surface area contributed by atoms with Gasteiger partial charge in [-0.05, 0) is 19.3 Å². The quantitative estimate of drug-likeness (QED) is 0.288. The number of aliphatic imine (C=N–C) groups is 1. The fourth-order valence-electron chi connectivity index (χ4n) is 2.21. The van der Waals surface area contributed by atoms with E-state index in [4.69, 9.17) is 5.73 Å². The molecule has 0 spiro atoms. The van der Waals surface area contributed by atoms with Crippen LogP contribution in [0.25, 0.3) is 0 Å². The van der Waals surface area contributed by atoms with Crippen molar-refractivity contribution in [1.29, 1.82) is 0 Å². The van der Waals surface area contributed by atoms with Gasteiger partial charge in [-0.3, -0.25) is 4.99 Å². The normalized spacial score (nSPS) is 19.1. The molecule has 0 unspecified atom stereocenters. The fourth-order valence-corrected chi connectivity index (χ4v) is 2.73. The Morgan fingerprint density at radius 2 is 1.89 bits per heavy atom. The highest BCUT2D eigenvalue weighted by molar-refractivity contribution is 7.88. The van der Waals surface area contributed by atoms with Crippen molar-refractivity contribution >= 4 is 16.0 Å². The molecule has 0 amide bonds. The number of rotatable bonds is 6. The molecule has 112 valence electrons. The van der Waals surface area contributed by atoms with E-state index in [2.05, 4.69) is 15.0 Å². The molecule has 1 aliphatic rings. The van der Waals surface area contributed by atoms with Crippen molar-refractivity contribution in [1.82, 2.24) is 10.0 Å². The molecular weight excluding hydrogens is 264 g/mol. The predicted octanol–water partition coefficient (Wildman–Crippen LogP) is 0.553. The van der Waals surface area contributed by atoms with Crippen LogP contribution in [0.3, 0.4) is 0 Å². The first-order valence-corrected chi connectivity index (χ1v) is 8.87. The molecule has 0 atom stereocenters. The van der Waals surface area contributed by atoms with Crippen LogP contribution >= 0.6 is 0 Å². The Hall–Kier alpha value is -0.820. The molecular formula is C12H26N4O2S. The third-order valence-electron chi connectivity index (χ3n) is 3.19. The van der Waals surface area contributed by atoms with Gasteiger partial charge in [0.15, 0.2) is 5.96 Å². The number of hydrogen-bond donors (Lipinski definition) is 3. The summed E-state index contributed by atoms with van der Waals surface area (Å²) in [6.07, 6.45) is 9.25. The molecule has 0 saturated heterocycles. The molecule has 1 saturated carbocycles. The van der Waals surface area contributed by atoms with Crippen molar-refractivity contribution in [2.45, 2.75) is 51.0 Å². The van der Waals surface area contributed by atoms with Gasteiger partial charge in [-0.2, -0.15) is 0 Å². The molecule has 1 rings (SSSR count). The van der Waals surface area contributed by atoms with Crippen molar-refractivity contribution in [3.63, 3.8) is 0 Å². The van der Waals surface area contributed by atoms with Gasteiger partial charge < -0.3 is 11.1 Å². The van der Waals surface area contributed by atoms with Crippen molar-refractivity contribution in [2.24, 2.45) is 10.7 Å². The Balaban J connectivity index is 2.17. The fraction of sp³-hybridized carbons (Fsp3) is 0.917. The average Bonchev–Trinajstić information content (AvgIpc) is 2.55. The zero-order valence-corrected chi connectivity index (χ0v) is 12.5. The van der Waals surface area contributed by atoms with Crippen LogP contribution in [0.2, 0.25) is 0 Å². The molecule has 0 aliphatic heterocycles. The van der Waals surface area contributed by atoms with Gasteiger partial charge in [-0.15, -0.1) is 0 Å². The molecule has 19 heavy (non-hydrogen) atoms. The summed E-state index contributed by atoms with van der Waals surface area (Å²) in [6.45, 7) is 0.938. The third kappa shape index (κ3) is 8.83. The summed E-state index contributed by atoms with van der Waals surface area (Å²) in [7, 11) is -3.10. The number of sulfonamides is 1. The zero-order valence-electron chi connectivity index (χ0n) is 11.7. The lowest BCUT2D eigenvalue weighted by Crippen LogP contribution is -2.40. The van der Waals surface area contributed by atoms with Crippen molar-refractivity contribution in [2.75, 3.05) is 19.3 Å². The van der Waals surface area contributed by atoms with E-state index >= 15 is 0 Å². The largest absolute Gasteiger partial charge is 0.370 e. The van der Waals surface area contributed by atoms with E-state index in [1.54, 1.807) is 0 Å². The van der Waals surface area contributed by atoms with Crippen molar-refractivity contribution < 1.29 is 8.42 Å². The second-order valence-corrected chi connectivity index (χ2v) is 6.95. The van der Waals surface area contributed by atoms with E-state index in [-0.39, 0.29) is 0 Å². The van der Waals surface area contributed by atoms with Crippen LogP contribution in [0.5, 0.6) is 0 Å². The van der Waals surface area contributed by atoms with Gasteiger partial charge in [0.1, 0.15) is 0 Å². The summed E-state index contributed by atoms with van der Waals surface area (Å²) in [5.41, 5.74) is 5.82. The summed E-state index contributed by atoms with van der Waals surface area (Å²) in [6, 6.07) is 0.445. The van der Waals surface area contributed by atoms with Gasteiger partial charge in [0, 0.05) is 19.1 Å². The van der Waals surface area contributed by atoms with Crippen LogP contribution in [-0.4, -0.2) is 39.8 Å². The smallest absolute Gasteiger partial charge is 0.208 e. The molecule has 0 aromatic carbocycles. The van der Waals surface area contributed by atoms with Crippen LogP contribution in [-0.2, 0) is 10.0 Å². The zero-order chi connectivity index (χ0) is 14.1. The van der Waals surface area contributed by atoms with E-state index in [1.807, 2.05) is 0 Å². The van der Waals surface area contributed by atoms with Gasteiger partial charge in [-0.1, -0.05) is 25.7 Å². The Labute approximate surface area is 116 Å². The van der Waals surface area contributed by atoms with E-state index in [0.29, 0.717) is 31.5 Å². The Morgan fingerprint density at radius 1 is 1.26 bits per heavy atom. The molecule has 0 aromatic heterocycles. The maximum absolute atomic E-state index is 10.8.